The lowest BCUT2D eigenvalue weighted by atomic mass is 9.77. The highest BCUT2D eigenvalue weighted by molar-refractivity contribution is 5.73. The molecule has 2 aromatic rings. The van der Waals surface area contributed by atoms with Crippen LogP contribution in [0, 0.1) is 5.92 Å². The van der Waals surface area contributed by atoms with E-state index in [4.69, 9.17) is 4.74 Å². The molecule has 0 amide bonds. The van der Waals surface area contributed by atoms with Gasteiger partial charge in [-0.2, -0.15) is 0 Å². The molecule has 2 aromatic carbocycles. The molecule has 0 bridgehead atoms. The van der Waals surface area contributed by atoms with Gasteiger partial charge in [0.15, 0.2) is 0 Å². The Balaban J connectivity index is 1.49. The zero-order chi connectivity index (χ0) is 21.9. The van der Waals surface area contributed by atoms with Crippen LogP contribution >= 0.6 is 0 Å². The van der Waals surface area contributed by atoms with Crippen LogP contribution in [0.2, 0.25) is 0 Å². The summed E-state index contributed by atoms with van der Waals surface area (Å²) < 4.78 is 5.45. The molecule has 0 radical (unpaired) electrons. The smallest absolute Gasteiger partial charge is 0.311 e. The summed E-state index contributed by atoms with van der Waals surface area (Å²) in [5, 5.41) is 0. The van der Waals surface area contributed by atoms with Crippen LogP contribution in [0.4, 0.5) is 0 Å². The van der Waals surface area contributed by atoms with Gasteiger partial charge < -0.3 is 4.74 Å². The predicted octanol–water partition coefficient (Wildman–Crippen LogP) is 8.69. The minimum atomic E-state index is -0.134. The molecule has 1 fully saturated rings. The second-order valence-electron chi connectivity index (χ2n) is 9.29. The average Bonchev–Trinajstić information content (AvgIpc) is 2.81. The number of rotatable bonds is 11. The van der Waals surface area contributed by atoms with Gasteiger partial charge in [-0.15, -0.1) is 0 Å². The molecule has 2 heteroatoms. The van der Waals surface area contributed by atoms with E-state index in [1.54, 1.807) is 0 Å². The van der Waals surface area contributed by atoms with Crippen molar-refractivity contribution in [2.24, 2.45) is 5.92 Å². The fourth-order valence-corrected chi connectivity index (χ4v) is 4.83. The van der Waals surface area contributed by atoms with Gasteiger partial charge in [0.25, 0.3) is 0 Å². The third-order valence-corrected chi connectivity index (χ3v) is 6.85. The molecule has 1 saturated carbocycles. The van der Waals surface area contributed by atoms with Crippen LogP contribution in [-0.2, 0) is 4.79 Å². The van der Waals surface area contributed by atoms with Crippen LogP contribution in [0.1, 0.15) is 102 Å². The van der Waals surface area contributed by atoms with E-state index in [0.29, 0.717) is 12.2 Å². The Kier molecular flexibility index (Phi) is 9.65. The van der Waals surface area contributed by atoms with Gasteiger partial charge in [-0.05, 0) is 72.8 Å². The average molecular weight is 421 g/mol. The fraction of sp³-hybridized carbons (Fsp3) is 0.552. The maximum atomic E-state index is 11.9. The van der Waals surface area contributed by atoms with E-state index in [1.165, 1.54) is 62.5 Å². The lowest BCUT2D eigenvalue weighted by Gasteiger charge is -2.29. The van der Waals surface area contributed by atoms with Crippen molar-refractivity contribution in [3.8, 4) is 16.9 Å². The van der Waals surface area contributed by atoms with Crippen molar-refractivity contribution in [2.75, 3.05) is 0 Å². The van der Waals surface area contributed by atoms with Gasteiger partial charge >= 0.3 is 5.97 Å². The van der Waals surface area contributed by atoms with Gasteiger partial charge in [0.05, 0.1) is 0 Å². The topological polar surface area (TPSA) is 26.3 Å². The van der Waals surface area contributed by atoms with E-state index in [9.17, 15) is 4.79 Å². The monoisotopic (exact) mass is 420 g/mol. The standard InChI is InChI=1S/C29H40O2/c1-3-5-7-9-23-11-13-24(14-12-23)25-15-17-26(18-16-25)27-19-21-28(22-20-27)31-29(30)10-8-6-4-2/h15-24H,3-14H2,1-2H3. The molecule has 31 heavy (non-hydrogen) atoms. The lowest BCUT2D eigenvalue weighted by molar-refractivity contribution is -0.134. The minimum absolute atomic E-state index is 0.134. The maximum absolute atomic E-state index is 11.9. The van der Waals surface area contributed by atoms with Gasteiger partial charge in [0, 0.05) is 6.42 Å². The highest BCUT2D eigenvalue weighted by Gasteiger charge is 2.22. The zero-order valence-electron chi connectivity index (χ0n) is 19.6. The van der Waals surface area contributed by atoms with E-state index < -0.39 is 0 Å². The van der Waals surface area contributed by atoms with Crippen LogP contribution in [-0.4, -0.2) is 5.97 Å². The Morgan fingerprint density at radius 3 is 1.97 bits per heavy atom. The first-order valence-electron chi connectivity index (χ1n) is 12.6. The lowest BCUT2D eigenvalue weighted by Crippen LogP contribution is -2.13. The van der Waals surface area contributed by atoms with Gasteiger partial charge in [-0.25, -0.2) is 0 Å². The molecule has 0 spiro atoms. The number of benzene rings is 2. The Morgan fingerprint density at radius 2 is 1.35 bits per heavy atom. The van der Waals surface area contributed by atoms with E-state index in [-0.39, 0.29) is 5.97 Å². The normalized spacial score (nSPS) is 18.6. The van der Waals surface area contributed by atoms with Crippen molar-refractivity contribution in [3.05, 3.63) is 54.1 Å². The Labute approximate surface area is 189 Å². The number of carbonyl (C=O) groups excluding carboxylic acids is 1. The van der Waals surface area contributed by atoms with Crippen molar-refractivity contribution < 1.29 is 9.53 Å². The molecule has 168 valence electrons. The third-order valence-electron chi connectivity index (χ3n) is 6.85. The van der Waals surface area contributed by atoms with Crippen molar-refractivity contribution >= 4 is 5.97 Å². The molecule has 0 aromatic heterocycles. The molecule has 0 atom stereocenters. The molecule has 1 aliphatic carbocycles. The largest absolute Gasteiger partial charge is 0.427 e. The predicted molar refractivity (Wildman–Crippen MR) is 130 cm³/mol. The van der Waals surface area contributed by atoms with Gasteiger partial charge in [-0.1, -0.05) is 88.8 Å². The molecule has 3 rings (SSSR count). The summed E-state index contributed by atoms with van der Waals surface area (Å²) >= 11 is 0. The van der Waals surface area contributed by atoms with Crippen LogP contribution < -0.4 is 4.74 Å². The molecule has 0 saturated heterocycles. The summed E-state index contributed by atoms with van der Waals surface area (Å²) in [5.74, 6) is 2.19. The second-order valence-corrected chi connectivity index (χ2v) is 9.29. The number of unbranched alkanes of at least 4 members (excludes halogenated alkanes) is 4. The SMILES string of the molecule is CCCCCC(=O)Oc1ccc(-c2ccc(C3CCC(CCCCC)CC3)cc2)cc1. The fourth-order valence-electron chi connectivity index (χ4n) is 4.83. The highest BCUT2D eigenvalue weighted by Crippen LogP contribution is 2.38. The first-order chi connectivity index (χ1) is 15.2. The van der Waals surface area contributed by atoms with E-state index in [2.05, 4.69) is 38.1 Å². The Hall–Kier alpha value is -2.09. The van der Waals surface area contributed by atoms with Crippen molar-refractivity contribution in [1.29, 1.82) is 0 Å². The van der Waals surface area contributed by atoms with Gasteiger partial charge in [-0.3, -0.25) is 4.79 Å². The molecular formula is C29H40O2. The van der Waals surface area contributed by atoms with Crippen LogP contribution in [0.25, 0.3) is 11.1 Å². The van der Waals surface area contributed by atoms with Gasteiger partial charge in [0.1, 0.15) is 5.75 Å². The third kappa shape index (κ3) is 7.52. The van der Waals surface area contributed by atoms with Crippen molar-refractivity contribution in [2.45, 2.75) is 96.8 Å². The first kappa shape index (κ1) is 23.6. The molecule has 0 N–H and O–H groups in total. The molecule has 1 aliphatic rings. The van der Waals surface area contributed by atoms with Crippen LogP contribution in [0.15, 0.2) is 48.5 Å². The van der Waals surface area contributed by atoms with E-state index in [0.717, 1.165) is 36.7 Å². The molecular weight excluding hydrogens is 380 g/mol. The summed E-state index contributed by atoms with van der Waals surface area (Å²) in [6.45, 7) is 4.43. The summed E-state index contributed by atoms with van der Waals surface area (Å²) in [4.78, 5) is 11.9. The Bertz CT molecular complexity index is 767. The molecule has 0 aliphatic heterocycles. The van der Waals surface area contributed by atoms with Crippen molar-refractivity contribution in [1.82, 2.24) is 0 Å². The highest BCUT2D eigenvalue weighted by atomic mass is 16.5. The number of hydrogen-bond acceptors (Lipinski definition) is 2. The minimum Gasteiger partial charge on any atom is -0.427 e. The molecule has 0 unspecified atom stereocenters. The number of esters is 1. The van der Waals surface area contributed by atoms with Crippen molar-refractivity contribution in [3.63, 3.8) is 0 Å². The zero-order valence-corrected chi connectivity index (χ0v) is 19.6. The van der Waals surface area contributed by atoms with Gasteiger partial charge in [0.2, 0.25) is 0 Å². The number of carbonyl (C=O) groups is 1. The first-order valence-corrected chi connectivity index (χ1v) is 12.6. The van der Waals surface area contributed by atoms with Crippen LogP contribution in [0.3, 0.4) is 0 Å². The van der Waals surface area contributed by atoms with Crippen LogP contribution in [0.5, 0.6) is 5.75 Å². The molecule has 0 heterocycles. The summed E-state index contributed by atoms with van der Waals surface area (Å²) in [6, 6.07) is 17.0. The van der Waals surface area contributed by atoms with E-state index in [1.807, 2.05) is 24.3 Å². The number of hydrogen-bond donors (Lipinski definition) is 0. The van der Waals surface area contributed by atoms with E-state index >= 15 is 0 Å². The molecule has 2 nitrogen and oxygen atoms in total. The Morgan fingerprint density at radius 1 is 0.774 bits per heavy atom. The second kappa shape index (κ2) is 12.7. The quantitative estimate of drug-likeness (QED) is 0.206. The summed E-state index contributed by atoms with van der Waals surface area (Å²) in [5.41, 5.74) is 3.88. The maximum Gasteiger partial charge on any atom is 0.311 e. The summed E-state index contributed by atoms with van der Waals surface area (Å²) in [7, 11) is 0. The number of ether oxygens (including phenoxy) is 1. The summed E-state index contributed by atoms with van der Waals surface area (Å²) in [6.07, 6.45) is 14.6.